The molecule has 4 nitrogen and oxygen atoms in total. The van der Waals surface area contributed by atoms with E-state index in [1.165, 1.54) is 30.0 Å². The second-order valence-corrected chi connectivity index (χ2v) is 5.27. The number of piperazine rings is 1. The van der Waals surface area contributed by atoms with Crippen molar-refractivity contribution in [1.82, 2.24) is 14.7 Å². The quantitative estimate of drug-likeness (QED) is 0.868. The van der Waals surface area contributed by atoms with Gasteiger partial charge >= 0.3 is 0 Å². The second-order valence-electron chi connectivity index (χ2n) is 5.27. The van der Waals surface area contributed by atoms with Gasteiger partial charge in [-0.1, -0.05) is 6.07 Å². The Bertz CT molecular complexity index is 564. The molecular weight excluding hydrogens is 224 g/mol. The number of nitrogens with one attached hydrogen (secondary N) is 1. The molecule has 18 heavy (non-hydrogen) atoms. The molecule has 0 bridgehead atoms. The third kappa shape index (κ3) is 1.60. The van der Waals surface area contributed by atoms with E-state index < -0.39 is 0 Å². The molecule has 1 aliphatic carbocycles. The summed E-state index contributed by atoms with van der Waals surface area (Å²) in [4.78, 5) is 7.10. The monoisotopic (exact) mass is 242 g/mol. The number of nitrogens with zero attached hydrogens (tertiary/aromatic N) is 3. The first-order valence-corrected chi connectivity index (χ1v) is 6.85. The molecule has 0 amide bonds. The van der Waals surface area contributed by atoms with E-state index in [0.29, 0.717) is 5.92 Å². The summed E-state index contributed by atoms with van der Waals surface area (Å²) < 4.78 is 2.36. The van der Waals surface area contributed by atoms with Crippen LogP contribution in [-0.2, 0) is 0 Å². The van der Waals surface area contributed by atoms with Crippen molar-refractivity contribution in [1.29, 1.82) is 0 Å². The summed E-state index contributed by atoms with van der Waals surface area (Å²) in [5.41, 5.74) is 1.23. The van der Waals surface area contributed by atoms with Gasteiger partial charge in [0, 0.05) is 32.1 Å². The van der Waals surface area contributed by atoms with Gasteiger partial charge in [-0.25, -0.2) is 4.98 Å². The highest BCUT2D eigenvalue weighted by atomic mass is 15.3. The predicted molar refractivity (Wildman–Crippen MR) is 72.2 cm³/mol. The first-order valence-electron chi connectivity index (χ1n) is 6.85. The minimum absolute atomic E-state index is 0.691. The Balaban J connectivity index is 1.84. The Kier molecular flexibility index (Phi) is 2.30. The smallest absolute Gasteiger partial charge is 0.117 e. The average Bonchev–Trinajstić information content (AvgIpc) is 3.19. The summed E-state index contributed by atoms with van der Waals surface area (Å²) in [5, 5.41) is 3.41. The molecule has 1 aliphatic heterocycles. The van der Waals surface area contributed by atoms with Gasteiger partial charge in [-0.05, 0) is 25.0 Å². The number of anilines is 1. The summed E-state index contributed by atoms with van der Waals surface area (Å²) in [6.07, 6.45) is 4.61. The highest BCUT2D eigenvalue weighted by molar-refractivity contribution is 5.57. The van der Waals surface area contributed by atoms with E-state index >= 15 is 0 Å². The molecule has 4 rings (SSSR count). The number of fused-ring (bicyclic) bond motifs is 1. The lowest BCUT2D eigenvalue weighted by Gasteiger charge is -2.30. The summed E-state index contributed by atoms with van der Waals surface area (Å²) in [6, 6.07) is 6.53. The van der Waals surface area contributed by atoms with E-state index in [0.717, 1.165) is 26.2 Å². The van der Waals surface area contributed by atoms with Crippen LogP contribution in [0, 0.1) is 0 Å². The molecule has 4 heteroatoms. The van der Waals surface area contributed by atoms with Crippen molar-refractivity contribution in [2.24, 2.45) is 0 Å². The third-order valence-electron chi connectivity index (χ3n) is 3.94. The minimum Gasteiger partial charge on any atom is -0.355 e. The molecule has 0 atom stereocenters. The minimum atomic E-state index is 0.691. The van der Waals surface area contributed by atoms with E-state index in [9.17, 15) is 0 Å². The van der Waals surface area contributed by atoms with E-state index in [4.69, 9.17) is 0 Å². The van der Waals surface area contributed by atoms with Crippen molar-refractivity contribution in [3.8, 4) is 0 Å². The standard InChI is InChI=1S/C14H18N4/c1-2-12-10-16-14(11-4-5-11)18(12)13(3-1)17-8-6-15-7-9-17/h1-3,10-11,15H,4-9H2. The molecule has 2 aromatic heterocycles. The topological polar surface area (TPSA) is 32.6 Å². The lowest BCUT2D eigenvalue weighted by molar-refractivity contribution is 0.582. The number of aromatic nitrogens is 2. The van der Waals surface area contributed by atoms with Gasteiger partial charge < -0.3 is 10.2 Å². The highest BCUT2D eigenvalue weighted by Gasteiger charge is 2.29. The van der Waals surface area contributed by atoms with Crippen LogP contribution in [0.1, 0.15) is 24.6 Å². The van der Waals surface area contributed by atoms with Gasteiger partial charge in [0.25, 0.3) is 0 Å². The molecule has 1 N–H and O–H groups in total. The Morgan fingerprint density at radius 2 is 2.00 bits per heavy atom. The van der Waals surface area contributed by atoms with Crippen molar-refractivity contribution < 1.29 is 0 Å². The Morgan fingerprint density at radius 1 is 1.17 bits per heavy atom. The maximum atomic E-state index is 4.63. The van der Waals surface area contributed by atoms with Crippen LogP contribution in [0.15, 0.2) is 24.4 Å². The van der Waals surface area contributed by atoms with Gasteiger partial charge in [-0.2, -0.15) is 0 Å². The first kappa shape index (κ1) is 10.4. The first-order chi connectivity index (χ1) is 8.93. The number of rotatable bonds is 2. The lowest BCUT2D eigenvalue weighted by Crippen LogP contribution is -2.44. The number of imidazole rings is 1. The van der Waals surface area contributed by atoms with Crippen molar-refractivity contribution >= 4 is 11.3 Å². The molecule has 2 fully saturated rings. The maximum absolute atomic E-state index is 4.63. The van der Waals surface area contributed by atoms with E-state index in [2.05, 4.69) is 37.8 Å². The molecule has 2 aliphatic rings. The van der Waals surface area contributed by atoms with Crippen LogP contribution in [0.3, 0.4) is 0 Å². The fourth-order valence-corrected chi connectivity index (χ4v) is 2.82. The van der Waals surface area contributed by atoms with Crippen LogP contribution in [0.2, 0.25) is 0 Å². The van der Waals surface area contributed by atoms with Gasteiger partial charge in [-0.15, -0.1) is 0 Å². The predicted octanol–water partition coefficient (Wildman–Crippen LogP) is 1.62. The van der Waals surface area contributed by atoms with Crippen LogP contribution in [-0.4, -0.2) is 35.6 Å². The van der Waals surface area contributed by atoms with Crippen molar-refractivity contribution in [2.45, 2.75) is 18.8 Å². The number of hydrogen-bond donors (Lipinski definition) is 1. The van der Waals surface area contributed by atoms with Crippen LogP contribution in [0.5, 0.6) is 0 Å². The number of hydrogen-bond acceptors (Lipinski definition) is 3. The summed E-state index contributed by atoms with van der Waals surface area (Å²) in [6.45, 7) is 4.32. The number of pyridine rings is 1. The Labute approximate surface area is 107 Å². The van der Waals surface area contributed by atoms with E-state index in [1.54, 1.807) is 0 Å². The van der Waals surface area contributed by atoms with Gasteiger partial charge in [0.05, 0.1) is 11.7 Å². The van der Waals surface area contributed by atoms with Gasteiger partial charge in [0.1, 0.15) is 11.6 Å². The third-order valence-corrected chi connectivity index (χ3v) is 3.94. The lowest BCUT2D eigenvalue weighted by atomic mass is 10.3. The van der Waals surface area contributed by atoms with Gasteiger partial charge in [0.15, 0.2) is 0 Å². The SMILES string of the molecule is c1cc(N2CCNCC2)n2c(C3CC3)ncc2c1. The molecule has 0 aromatic carbocycles. The summed E-state index contributed by atoms with van der Waals surface area (Å²) >= 11 is 0. The fourth-order valence-electron chi connectivity index (χ4n) is 2.82. The van der Waals surface area contributed by atoms with Gasteiger partial charge in [-0.3, -0.25) is 4.40 Å². The van der Waals surface area contributed by atoms with E-state index in [1.807, 2.05) is 6.20 Å². The summed E-state index contributed by atoms with van der Waals surface area (Å²) in [5.74, 6) is 3.27. The van der Waals surface area contributed by atoms with Crippen LogP contribution < -0.4 is 10.2 Å². The zero-order valence-corrected chi connectivity index (χ0v) is 10.5. The zero-order valence-electron chi connectivity index (χ0n) is 10.5. The zero-order chi connectivity index (χ0) is 11.9. The molecule has 2 aromatic rings. The van der Waals surface area contributed by atoms with Crippen LogP contribution >= 0.6 is 0 Å². The van der Waals surface area contributed by atoms with Crippen LogP contribution in [0.25, 0.3) is 5.52 Å². The van der Waals surface area contributed by atoms with Crippen molar-refractivity contribution in [3.63, 3.8) is 0 Å². The average molecular weight is 242 g/mol. The molecule has 1 saturated carbocycles. The largest absolute Gasteiger partial charge is 0.355 e. The Morgan fingerprint density at radius 3 is 2.78 bits per heavy atom. The van der Waals surface area contributed by atoms with Crippen molar-refractivity contribution in [3.05, 3.63) is 30.2 Å². The molecule has 1 saturated heterocycles. The molecule has 0 unspecified atom stereocenters. The van der Waals surface area contributed by atoms with Gasteiger partial charge in [0.2, 0.25) is 0 Å². The normalized spacial score (nSPS) is 20.6. The van der Waals surface area contributed by atoms with Crippen molar-refractivity contribution in [2.75, 3.05) is 31.1 Å². The Hall–Kier alpha value is -1.55. The molecular formula is C14H18N4. The summed E-state index contributed by atoms with van der Waals surface area (Å²) in [7, 11) is 0. The van der Waals surface area contributed by atoms with E-state index in [-0.39, 0.29) is 0 Å². The highest BCUT2D eigenvalue weighted by Crippen LogP contribution is 2.40. The van der Waals surface area contributed by atoms with Crippen LogP contribution in [0.4, 0.5) is 5.82 Å². The molecule has 0 radical (unpaired) electrons. The molecule has 3 heterocycles. The molecule has 0 spiro atoms. The fraction of sp³-hybridized carbons (Fsp3) is 0.500. The molecule has 94 valence electrons. The second kappa shape index (κ2) is 3.99. The maximum Gasteiger partial charge on any atom is 0.117 e.